The number of carbonyl (C=O) groups excluding carboxylic acids is 1. The third-order valence-electron chi connectivity index (χ3n) is 5.39. The fourth-order valence-corrected chi connectivity index (χ4v) is 4.74. The van der Waals surface area contributed by atoms with Crippen LogP contribution in [0, 0.1) is 0 Å². The fraction of sp³-hybridized carbons (Fsp3) is 0.455. The van der Waals surface area contributed by atoms with Gasteiger partial charge in [0.1, 0.15) is 12.8 Å². The monoisotopic (exact) mass is 487 g/mol. The normalized spacial score (nSPS) is 18.6. The van der Waals surface area contributed by atoms with E-state index in [-0.39, 0.29) is 29.6 Å². The van der Waals surface area contributed by atoms with E-state index in [1.54, 1.807) is 33.9 Å². The van der Waals surface area contributed by atoms with E-state index in [1.807, 2.05) is 13.8 Å². The number of alkyl halides is 4. The summed E-state index contributed by atoms with van der Waals surface area (Å²) in [5.74, 6) is -1.66. The summed E-state index contributed by atoms with van der Waals surface area (Å²) in [6.07, 6.45) is -3.33. The highest BCUT2D eigenvalue weighted by atomic mass is 32.2. The molecule has 1 aromatic heterocycles. The van der Waals surface area contributed by atoms with Crippen LogP contribution in [0.5, 0.6) is 0 Å². The van der Waals surface area contributed by atoms with Gasteiger partial charge in [-0.1, -0.05) is 30.3 Å². The van der Waals surface area contributed by atoms with Gasteiger partial charge in [0, 0.05) is 17.0 Å². The summed E-state index contributed by atoms with van der Waals surface area (Å²) in [4.78, 5) is 15.3. The number of aromatic nitrogens is 1. The Labute approximate surface area is 191 Å². The Hall–Kier alpha value is -2.37. The number of aliphatic hydroxyl groups excluding tert-OH is 1. The third kappa shape index (κ3) is 5.59. The minimum atomic E-state index is -3.31. The van der Waals surface area contributed by atoms with Crippen LogP contribution in [0.15, 0.2) is 42.6 Å². The van der Waals surface area contributed by atoms with Crippen molar-refractivity contribution in [3.05, 3.63) is 53.9 Å². The van der Waals surface area contributed by atoms with Gasteiger partial charge >= 0.3 is 6.43 Å². The number of rotatable bonds is 9. The molecule has 180 valence electrons. The molecule has 1 aliphatic rings. The second-order valence-corrected chi connectivity index (χ2v) is 10.2. The molecule has 1 aromatic carbocycles. The first-order valence-corrected chi connectivity index (χ1v) is 11.5. The second kappa shape index (κ2) is 10.3. The van der Waals surface area contributed by atoms with E-state index >= 15 is 4.39 Å². The molecule has 0 saturated carbocycles. The van der Waals surface area contributed by atoms with Crippen molar-refractivity contribution in [2.75, 3.05) is 19.8 Å². The quantitative estimate of drug-likeness (QED) is 0.533. The van der Waals surface area contributed by atoms with E-state index in [0.29, 0.717) is 11.1 Å². The van der Waals surface area contributed by atoms with Crippen molar-refractivity contribution in [2.24, 2.45) is 0 Å². The van der Waals surface area contributed by atoms with Crippen molar-refractivity contribution in [3.63, 3.8) is 0 Å². The van der Waals surface area contributed by atoms with Gasteiger partial charge in [0.05, 0.1) is 35.8 Å². The maximum atomic E-state index is 15.1. The van der Waals surface area contributed by atoms with Gasteiger partial charge < -0.3 is 10.4 Å². The van der Waals surface area contributed by atoms with E-state index in [1.165, 1.54) is 18.3 Å². The van der Waals surface area contributed by atoms with E-state index < -0.39 is 47.8 Å². The first kappa shape index (κ1) is 25.3. The van der Waals surface area contributed by atoms with Gasteiger partial charge in [0.15, 0.2) is 5.67 Å². The van der Waals surface area contributed by atoms with Crippen LogP contribution >= 0.6 is 0 Å². The maximum Gasteiger partial charge on any atom is 0.315 e. The average Bonchev–Trinajstić information content (AvgIpc) is 2.79. The van der Waals surface area contributed by atoms with Gasteiger partial charge in [0.25, 0.3) is 5.91 Å². The molecule has 6 nitrogen and oxygen atoms in total. The second-order valence-electron chi connectivity index (χ2n) is 8.16. The number of benzene rings is 1. The van der Waals surface area contributed by atoms with Gasteiger partial charge in [0.2, 0.25) is 0 Å². The highest BCUT2D eigenvalue weighted by Gasteiger charge is 2.48. The van der Waals surface area contributed by atoms with Gasteiger partial charge in [-0.3, -0.25) is 9.78 Å². The largest absolute Gasteiger partial charge is 0.386 e. The molecule has 0 spiro atoms. The fourth-order valence-electron chi connectivity index (χ4n) is 3.48. The average molecular weight is 488 g/mol. The van der Waals surface area contributed by atoms with Crippen molar-refractivity contribution >= 4 is 16.9 Å². The number of amides is 1. The molecule has 0 bridgehead atoms. The lowest BCUT2D eigenvalue weighted by atomic mass is 9.93. The molecule has 1 saturated heterocycles. The molecule has 2 heterocycles. The smallest absolute Gasteiger partial charge is 0.315 e. The predicted molar refractivity (Wildman–Crippen MR) is 116 cm³/mol. The van der Waals surface area contributed by atoms with Crippen LogP contribution in [0.3, 0.4) is 0 Å². The Balaban J connectivity index is 1.66. The number of hydrogen-bond donors (Lipinski definition) is 2. The Morgan fingerprint density at radius 1 is 1.18 bits per heavy atom. The number of pyridine rings is 1. The summed E-state index contributed by atoms with van der Waals surface area (Å²) in [7, 11) is -1.24. The Morgan fingerprint density at radius 2 is 1.79 bits per heavy atom. The molecule has 3 rings (SSSR count). The van der Waals surface area contributed by atoms with E-state index in [0.717, 1.165) is 0 Å². The summed E-state index contributed by atoms with van der Waals surface area (Å²) in [6, 6.07) is 7.92. The molecule has 1 fully saturated rings. The molecule has 0 aliphatic carbocycles. The molecular weight excluding hydrogens is 462 g/mol. The van der Waals surface area contributed by atoms with Crippen molar-refractivity contribution < 1.29 is 31.7 Å². The topological polar surface area (TPSA) is 82.5 Å². The zero-order chi connectivity index (χ0) is 24.3. The minimum absolute atomic E-state index is 0.00849. The molecular formula is C22H25F4N3O3S. The first-order chi connectivity index (χ1) is 15.6. The third-order valence-corrected chi connectivity index (χ3v) is 6.97. The molecule has 33 heavy (non-hydrogen) atoms. The lowest BCUT2D eigenvalue weighted by Crippen LogP contribution is -2.58. The van der Waals surface area contributed by atoms with Crippen molar-refractivity contribution in [2.45, 2.75) is 43.3 Å². The van der Waals surface area contributed by atoms with Crippen LogP contribution in [-0.2, 0) is 21.4 Å². The van der Waals surface area contributed by atoms with Crippen molar-refractivity contribution in [3.8, 4) is 11.1 Å². The summed E-state index contributed by atoms with van der Waals surface area (Å²) in [5, 5.41) is 11.9. The number of nitrogens with zero attached hydrogens (tertiary/aromatic N) is 2. The van der Waals surface area contributed by atoms with Gasteiger partial charge in [-0.25, -0.2) is 17.3 Å². The SMILES string of the molecule is CC(C)S(=O)N1CC(F)(c2ccc(-c3ccc(C(O)C(CF)NC(=O)C(F)F)cc3)cn2)C1. The van der Waals surface area contributed by atoms with Crippen LogP contribution in [0.2, 0.25) is 0 Å². The molecule has 3 atom stereocenters. The lowest BCUT2D eigenvalue weighted by molar-refractivity contribution is -0.133. The minimum Gasteiger partial charge on any atom is -0.386 e. The summed E-state index contributed by atoms with van der Waals surface area (Å²) in [5.41, 5.74) is 0.161. The van der Waals surface area contributed by atoms with Crippen LogP contribution < -0.4 is 5.32 Å². The Kier molecular flexibility index (Phi) is 7.86. The van der Waals surface area contributed by atoms with Gasteiger partial charge in [-0.2, -0.15) is 8.78 Å². The number of aliphatic hydroxyl groups is 1. The number of carbonyl (C=O) groups is 1. The van der Waals surface area contributed by atoms with Crippen LogP contribution in [-0.4, -0.2) is 62.0 Å². The summed E-state index contributed by atoms with van der Waals surface area (Å²) >= 11 is 0. The molecule has 1 aliphatic heterocycles. The van der Waals surface area contributed by atoms with Crippen LogP contribution in [0.4, 0.5) is 17.6 Å². The number of hydrogen-bond acceptors (Lipinski definition) is 4. The van der Waals surface area contributed by atoms with Crippen LogP contribution in [0.25, 0.3) is 11.1 Å². The van der Waals surface area contributed by atoms with Gasteiger partial charge in [-0.05, 0) is 31.0 Å². The molecule has 2 N–H and O–H groups in total. The van der Waals surface area contributed by atoms with Crippen LogP contribution in [0.1, 0.15) is 31.2 Å². The zero-order valence-corrected chi connectivity index (χ0v) is 18.9. The number of halogens is 4. The maximum absolute atomic E-state index is 15.1. The first-order valence-electron chi connectivity index (χ1n) is 10.3. The van der Waals surface area contributed by atoms with Crippen molar-refractivity contribution in [1.29, 1.82) is 0 Å². The van der Waals surface area contributed by atoms with E-state index in [2.05, 4.69) is 4.98 Å². The summed E-state index contributed by atoms with van der Waals surface area (Å²) in [6.45, 7) is 2.41. The lowest BCUT2D eigenvalue weighted by Gasteiger charge is -2.43. The van der Waals surface area contributed by atoms with Crippen molar-refractivity contribution in [1.82, 2.24) is 14.6 Å². The van der Waals surface area contributed by atoms with E-state index in [4.69, 9.17) is 0 Å². The highest BCUT2D eigenvalue weighted by molar-refractivity contribution is 7.83. The highest BCUT2D eigenvalue weighted by Crippen LogP contribution is 2.37. The standard InChI is InChI=1S/C22H25F4N3O3S/c1-13(2)33(32)29-11-22(26,12-29)18-8-7-16(10-27-18)14-3-5-15(6-4-14)19(30)17(9-23)28-21(31)20(24)25/h3-8,10,13,17,19-20,30H,9,11-12H2,1-2H3,(H,28,31). The molecule has 11 heteroatoms. The predicted octanol–water partition coefficient (Wildman–Crippen LogP) is 3.05. The molecule has 3 unspecified atom stereocenters. The Morgan fingerprint density at radius 3 is 2.27 bits per heavy atom. The Bertz CT molecular complexity index is 983. The molecule has 1 amide bonds. The summed E-state index contributed by atoms with van der Waals surface area (Å²) < 4.78 is 66.6. The molecule has 2 aromatic rings. The van der Waals surface area contributed by atoms with E-state index in [9.17, 15) is 27.3 Å². The van der Waals surface area contributed by atoms with Gasteiger partial charge in [-0.15, -0.1) is 0 Å². The number of nitrogens with one attached hydrogen (secondary N) is 1. The molecule has 0 radical (unpaired) electrons. The zero-order valence-electron chi connectivity index (χ0n) is 18.1.